The molecule has 3 N–H and O–H groups in total. The first-order valence-electron chi connectivity index (χ1n) is 11.6. The number of alkyl carbamates (subject to hydrolysis) is 1. The van der Waals surface area contributed by atoms with Crippen LogP contribution < -0.4 is 16.0 Å². The molecular weight excluding hydrogens is 456 g/mol. The van der Waals surface area contributed by atoms with Gasteiger partial charge in [0.1, 0.15) is 18.7 Å². The van der Waals surface area contributed by atoms with Gasteiger partial charge in [-0.25, -0.2) is 4.79 Å². The average Bonchev–Trinajstić information content (AvgIpc) is 3.54. The van der Waals surface area contributed by atoms with Crippen molar-refractivity contribution >= 4 is 35.6 Å². The van der Waals surface area contributed by atoms with Crippen LogP contribution in [0, 0.1) is 22.7 Å². The van der Waals surface area contributed by atoms with Crippen molar-refractivity contribution in [3.63, 3.8) is 0 Å². The largest absolute Gasteiger partial charge is 0.445 e. The van der Waals surface area contributed by atoms with Gasteiger partial charge in [-0.05, 0) is 67.7 Å². The molecule has 0 radical (unpaired) electrons. The molecule has 1 aromatic rings. The van der Waals surface area contributed by atoms with Crippen molar-refractivity contribution in [2.75, 3.05) is 13.2 Å². The Hall–Kier alpha value is -3.05. The number of nitrogens with one attached hydrogen (secondary N) is 3. The van der Waals surface area contributed by atoms with Crippen LogP contribution >= 0.6 is 11.6 Å². The van der Waals surface area contributed by atoms with E-state index in [1.54, 1.807) is 24.3 Å². The fraction of sp³-hybridized carbons (Fsp3) is 0.520. The quantitative estimate of drug-likeness (QED) is 0.467. The van der Waals surface area contributed by atoms with E-state index in [1.807, 2.05) is 12.1 Å². The summed E-state index contributed by atoms with van der Waals surface area (Å²) >= 11 is 5.95. The number of hydrogen-bond donors (Lipinski definition) is 3. The standard InChI is InChI=1S/C25H31ClN4O4/c1-25(9-10-25)15-21(23(32)29-20(16-27)14-18-7-3-11-28-22(18)31)30-24(33)34-12-4-6-17-5-2-8-19(26)13-17/h2,4-6,8,13,18,20-21H,3,7,9-12,14-15H2,1H3,(H,28,31)(H,29,32)(H,30,33)/b6-4+/t18-,20-,21?/m0/s1. The molecule has 1 saturated carbocycles. The first kappa shape index (κ1) is 25.6. The minimum Gasteiger partial charge on any atom is -0.445 e. The molecule has 182 valence electrons. The zero-order chi connectivity index (χ0) is 24.6. The molecule has 0 bridgehead atoms. The van der Waals surface area contributed by atoms with Gasteiger partial charge in [-0.3, -0.25) is 9.59 Å². The van der Waals surface area contributed by atoms with Crippen LogP contribution in [0.1, 0.15) is 51.0 Å². The molecule has 34 heavy (non-hydrogen) atoms. The fourth-order valence-corrected chi connectivity index (χ4v) is 4.18. The number of carbonyl (C=O) groups excluding carboxylic acids is 3. The molecule has 2 aliphatic rings. The van der Waals surface area contributed by atoms with Crippen molar-refractivity contribution in [3.8, 4) is 6.07 Å². The van der Waals surface area contributed by atoms with Gasteiger partial charge < -0.3 is 20.7 Å². The van der Waals surface area contributed by atoms with Crippen molar-refractivity contribution in [1.29, 1.82) is 5.26 Å². The minimum atomic E-state index is -0.826. The van der Waals surface area contributed by atoms with Gasteiger partial charge in [-0.1, -0.05) is 36.7 Å². The molecule has 1 heterocycles. The van der Waals surface area contributed by atoms with E-state index >= 15 is 0 Å². The second kappa shape index (κ2) is 11.9. The summed E-state index contributed by atoms with van der Waals surface area (Å²) in [6.45, 7) is 2.73. The molecule has 9 heteroatoms. The lowest BCUT2D eigenvalue weighted by molar-refractivity contribution is -0.128. The third kappa shape index (κ3) is 8.07. The highest BCUT2D eigenvalue weighted by molar-refractivity contribution is 6.30. The predicted molar refractivity (Wildman–Crippen MR) is 129 cm³/mol. The van der Waals surface area contributed by atoms with Gasteiger partial charge in [0.05, 0.1) is 6.07 Å². The summed E-state index contributed by atoms with van der Waals surface area (Å²) in [5.41, 5.74) is 0.859. The number of benzene rings is 1. The lowest BCUT2D eigenvalue weighted by Crippen LogP contribution is -2.51. The van der Waals surface area contributed by atoms with Crippen molar-refractivity contribution in [2.24, 2.45) is 11.3 Å². The van der Waals surface area contributed by atoms with Gasteiger partial charge in [0.2, 0.25) is 11.8 Å². The minimum absolute atomic E-state index is 0.0207. The second-order valence-electron chi connectivity index (χ2n) is 9.32. The van der Waals surface area contributed by atoms with Gasteiger partial charge in [-0.2, -0.15) is 5.26 Å². The molecular formula is C25H31ClN4O4. The number of hydrogen-bond acceptors (Lipinski definition) is 5. The van der Waals surface area contributed by atoms with Gasteiger partial charge >= 0.3 is 6.09 Å². The summed E-state index contributed by atoms with van der Waals surface area (Å²) in [7, 11) is 0. The molecule has 1 unspecified atom stereocenters. The van der Waals surface area contributed by atoms with Crippen molar-refractivity contribution in [2.45, 2.75) is 57.5 Å². The first-order valence-corrected chi connectivity index (χ1v) is 12.0. The van der Waals surface area contributed by atoms with E-state index in [4.69, 9.17) is 16.3 Å². The Balaban J connectivity index is 1.52. The second-order valence-corrected chi connectivity index (χ2v) is 9.76. The normalized spacial score (nSPS) is 20.5. The molecule has 1 saturated heterocycles. The summed E-state index contributed by atoms with van der Waals surface area (Å²) in [4.78, 5) is 37.3. The molecule has 0 spiro atoms. The molecule has 3 amide bonds. The molecule has 8 nitrogen and oxygen atoms in total. The number of rotatable bonds is 10. The Labute approximate surface area is 205 Å². The summed E-state index contributed by atoms with van der Waals surface area (Å²) in [5, 5.41) is 18.3. The highest BCUT2D eigenvalue weighted by Gasteiger charge is 2.42. The lowest BCUT2D eigenvalue weighted by atomic mass is 9.91. The first-order chi connectivity index (χ1) is 16.3. The van der Waals surface area contributed by atoms with Gasteiger partial charge in [-0.15, -0.1) is 0 Å². The number of carbonyl (C=O) groups is 3. The van der Waals surface area contributed by atoms with Crippen LogP contribution in [-0.2, 0) is 14.3 Å². The van der Waals surface area contributed by atoms with Crippen LogP contribution in [0.25, 0.3) is 6.08 Å². The maximum absolute atomic E-state index is 13.0. The van der Waals surface area contributed by atoms with Gasteiger partial charge in [0.25, 0.3) is 0 Å². The highest BCUT2D eigenvalue weighted by Crippen LogP contribution is 2.48. The number of amides is 3. The highest BCUT2D eigenvalue weighted by atomic mass is 35.5. The van der Waals surface area contributed by atoms with E-state index in [0.29, 0.717) is 24.4 Å². The van der Waals surface area contributed by atoms with E-state index in [0.717, 1.165) is 24.8 Å². The number of halogens is 1. The number of piperidine rings is 1. The van der Waals surface area contributed by atoms with Crippen LogP contribution in [-0.4, -0.2) is 43.1 Å². The molecule has 1 aliphatic carbocycles. The number of ether oxygens (including phenoxy) is 1. The fourth-order valence-electron chi connectivity index (χ4n) is 3.98. The van der Waals surface area contributed by atoms with Gasteiger partial charge in [0.15, 0.2) is 0 Å². The van der Waals surface area contributed by atoms with Crippen LogP contribution in [0.2, 0.25) is 5.02 Å². The van der Waals surface area contributed by atoms with E-state index in [9.17, 15) is 19.6 Å². The third-order valence-corrected chi connectivity index (χ3v) is 6.51. The molecule has 0 aromatic heterocycles. The van der Waals surface area contributed by atoms with Crippen LogP contribution in [0.3, 0.4) is 0 Å². The van der Waals surface area contributed by atoms with Crippen LogP contribution in [0.4, 0.5) is 4.79 Å². The average molecular weight is 487 g/mol. The summed E-state index contributed by atoms with van der Waals surface area (Å²) in [6.07, 6.45) is 6.94. The molecule has 3 rings (SSSR count). The smallest absolute Gasteiger partial charge is 0.408 e. The molecule has 3 atom stereocenters. The van der Waals surface area contributed by atoms with Crippen molar-refractivity contribution in [3.05, 3.63) is 40.9 Å². The van der Waals surface area contributed by atoms with Crippen LogP contribution in [0.15, 0.2) is 30.3 Å². The summed E-state index contributed by atoms with van der Waals surface area (Å²) < 4.78 is 5.21. The van der Waals surface area contributed by atoms with Crippen molar-refractivity contribution < 1.29 is 19.1 Å². The van der Waals surface area contributed by atoms with E-state index in [1.165, 1.54) is 0 Å². The summed E-state index contributed by atoms with van der Waals surface area (Å²) in [6, 6.07) is 7.70. The maximum Gasteiger partial charge on any atom is 0.408 e. The van der Waals surface area contributed by atoms with E-state index in [2.05, 4.69) is 28.9 Å². The maximum atomic E-state index is 13.0. The Bertz CT molecular complexity index is 970. The Morgan fingerprint density at radius 1 is 1.38 bits per heavy atom. The molecule has 2 fully saturated rings. The third-order valence-electron chi connectivity index (χ3n) is 6.27. The van der Waals surface area contributed by atoms with Crippen molar-refractivity contribution in [1.82, 2.24) is 16.0 Å². The van der Waals surface area contributed by atoms with Crippen LogP contribution in [0.5, 0.6) is 0 Å². The lowest BCUT2D eigenvalue weighted by Gasteiger charge is -2.26. The topological polar surface area (TPSA) is 120 Å². The van der Waals surface area contributed by atoms with E-state index < -0.39 is 24.1 Å². The zero-order valence-corrected chi connectivity index (χ0v) is 20.1. The predicted octanol–water partition coefficient (Wildman–Crippen LogP) is 3.56. The zero-order valence-electron chi connectivity index (χ0n) is 19.3. The Morgan fingerprint density at radius 2 is 2.18 bits per heavy atom. The summed E-state index contributed by atoms with van der Waals surface area (Å²) in [5.74, 6) is -0.833. The number of nitrogens with zero attached hydrogens (tertiary/aromatic N) is 1. The van der Waals surface area contributed by atoms with Gasteiger partial charge in [0, 0.05) is 17.5 Å². The molecule has 1 aliphatic heterocycles. The Kier molecular flexibility index (Phi) is 8.94. The monoisotopic (exact) mass is 486 g/mol. The number of nitriles is 1. The Morgan fingerprint density at radius 3 is 2.85 bits per heavy atom. The SMILES string of the molecule is CC1(CC(NC(=O)OC/C=C/c2cccc(Cl)c2)C(=O)N[C@H](C#N)C[C@@H]2CCCNC2=O)CC1. The molecule has 1 aromatic carbocycles. The van der Waals surface area contributed by atoms with E-state index in [-0.39, 0.29) is 30.3 Å².